The number of H-pyrrole nitrogens is 1. The molecule has 1 saturated heterocycles. The van der Waals surface area contributed by atoms with Gasteiger partial charge in [-0.15, -0.1) is 0 Å². The summed E-state index contributed by atoms with van der Waals surface area (Å²) in [4.78, 5) is 70.8. The van der Waals surface area contributed by atoms with Crippen LogP contribution in [0.1, 0.15) is 33.6 Å². The van der Waals surface area contributed by atoms with E-state index >= 15 is 0 Å². The predicted octanol–water partition coefficient (Wildman–Crippen LogP) is -0.566. The Labute approximate surface area is 232 Å². The average molecular weight is 635 g/mol. The molecule has 39 heavy (non-hydrogen) atoms. The topological polar surface area (TPSA) is 153 Å². The first kappa shape index (κ1) is 24.7. The average Bonchev–Trinajstić information content (AvgIpc) is 3.19. The summed E-state index contributed by atoms with van der Waals surface area (Å²) in [5.41, 5.74) is 2.93. The Balaban J connectivity index is 1.15. The third-order valence-corrected chi connectivity index (χ3v) is 8.29. The van der Waals surface area contributed by atoms with Crippen LogP contribution in [0.15, 0.2) is 71.5 Å². The fourth-order valence-corrected chi connectivity index (χ4v) is 6.18. The van der Waals surface area contributed by atoms with Gasteiger partial charge >= 0.3 is 233 Å². The number of piperidine rings is 1. The Morgan fingerprint density at radius 3 is 2.46 bits per heavy atom. The normalized spacial score (nSPS) is 16.9. The van der Waals surface area contributed by atoms with E-state index in [2.05, 4.69) is 22.3 Å². The number of benzene rings is 3. The number of para-hydroxylation sites is 1. The number of hydrogen-bond acceptors (Lipinski definition) is 8. The molecule has 1 unspecified atom stereocenters. The molecule has 196 valence electrons. The molecule has 0 radical (unpaired) electrons. The van der Waals surface area contributed by atoms with E-state index in [1.165, 1.54) is 0 Å². The van der Waals surface area contributed by atoms with Crippen molar-refractivity contribution in [1.29, 1.82) is 0 Å². The van der Waals surface area contributed by atoms with Crippen LogP contribution in [-0.4, -0.2) is 44.5 Å². The van der Waals surface area contributed by atoms with Gasteiger partial charge in [0, 0.05) is 0 Å². The standard InChI is InChI=1S/C27H20IN6O5/c35-21-13-12-20(25(37)30-21)34-26(38)17-5-3-7-19(22(17)27(34)39)33-28-32-15-10-8-14(9-11-15)23-29-18-6-2-1-4-16(18)24(36)31-23/h1-11,20,32-33H,12-13H2,(H,29,31,36)(H,30,35,37)/q-1. The molecular weight excluding hydrogens is 615 g/mol. The number of rotatable bonds is 6. The van der Waals surface area contributed by atoms with Gasteiger partial charge in [0.2, 0.25) is 0 Å². The number of carbonyl (C=O) groups excluding carboxylic acids is 4. The second-order valence-electron chi connectivity index (χ2n) is 8.97. The van der Waals surface area contributed by atoms with Gasteiger partial charge in [-0.3, -0.25) is 0 Å². The molecule has 12 heteroatoms. The van der Waals surface area contributed by atoms with Crippen LogP contribution < -0.4 is 39.7 Å². The third-order valence-electron chi connectivity index (χ3n) is 6.54. The number of aromatic nitrogens is 2. The Morgan fingerprint density at radius 1 is 0.872 bits per heavy atom. The predicted molar refractivity (Wildman–Crippen MR) is 138 cm³/mol. The number of halogens is 1. The Morgan fingerprint density at radius 2 is 1.67 bits per heavy atom. The molecule has 4 aromatic rings. The summed E-state index contributed by atoms with van der Waals surface area (Å²) in [5, 5.41) is 2.73. The van der Waals surface area contributed by atoms with Gasteiger partial charge in [-0.2, -0.15) is 0 Å². The summed E-state index contributed by atoms with van der Waals surface area (Å²) in [5.74, 6) is -1.69. The van der Waals surface area contributed by atoms with Crippen molar-refractivity contribution in [2.24, 2.45) is 0 Å². The molecule has 4 N–H and O–H groups in total. The van der Waals surface area contributed by atoms with Crippen LogP contribution in [0.5, 0.6) is 0 Å². The van der Waals surface area contributed by atoms with Crippen molar-refractivity contribution in [3.8, 4) is 11.4 Å². The van der Waals surface area contributed by atoms with E-state index in [1.807, 2.05) is 30.3 Å². The SMILES string of the molecule is O=C1CCC(N2C(=O)c3cccc(N[I-]Nc4ccc(-c5nc6ccccc6c(=O)[nH]5)cc4)c3C2=O)C(=O)N1. The minimum absolute atomic E-state index is 0.0656. The van der Waals surface area contributed by atoms with E-state index in [-0.39, 0.29) is 29.5 Å². The Hall–Kier alpha value is -4.59. The minimum atomic E-state index is -1.01. The third kappa shape index (κ3) is 4.52. The van der Waals surface area contributed by atoms with Gasteiger partial charge < -0.3 is 0 Å². The van der Waals surface area contributed by atoms with Crippen molar-refractivity contribution in [3.05, 3.63) is 88.2 Å². The van der Waals surface area contributed by atoms with Crippen LogP contribution in [0.3, 0.4) is 0 Å². The molecule has 2 aliphatic rings. The van der Waals surface area contributed by atoms with Gasteiger partial charge in [0.15, 0.2) is 0 Å². The molecule has 4 amide bonds. The van der Waals surface area contributed by atoms with Crippen LogP contribution in [0.4, 0.5) is 11.4 Å². The van der Waals surface area contributed by atoms with Crippen LogP contribution in [0.2, 0.25) is 0 Å². The molecule has 6 rings (SSSR count). The number of imide groups is 2. The zero-order chi connectivity index (χ0) is 27.1. The van der Waals surface area contributed by atoms with Gasteiger partial charge in [0.05, 0.1) is 0 Å². The molecule has 11 nitrogen and oxygen atoms in total. The van der Waals surface area contributed by atoms with E-state index < -0.39 is 51.4 Å². The number of anilines is 2. The van der Waals surface area contributed by atoms with Crippen molar-refractivity contribution < 1.29 is 40.9 Å². The zero-order valence-electron chi connectivity index (χ0n) is 20.2. The van der Waals surface area contributed by atoms with Crippen molar-refractivity contribution >= 4 is 45.9 Å². The molecule has 0 spiro atoms. The summed E-state index contributed by atoms with van der Waals surface area (Å²) in [6, 6.07) is 18.5. The molecule has 2 aliphatic heterocycles. The summed E-state index contributed by atoms with van der Waals surface area (Å²) in [7, 11) is 0. The molecule has 3 aromatic carbocycles. The van der Waals surface area contributed by atoms with Gasteiger partial charge in [-0.05, 0) is 0 Å². The summed E-state index contributed by atoms with van der Waals surface area (Å²) < 4.78 is 6.56. The molecule has 0 saturated carbocycles. The van der Waals surface area contributed by atoms with Crippen molar-refractivity contribution in [3.63, 3.8) is 0 Å². The van der Waals surface area contributed by atoms with Crippen LogP contribution in [0.25, 0.3) is 22.3 Å². The van der Waals surface area contributed by atoms with Crippen LogP contribution in [0, 0.1) is 0 Å². The number of nitrogens with zero attached hydrogens (tertiary/aromatic N) is 2. The Kier molecular flexibility index (Phi) is 6.30. The van der Waals surface area contributed by atoms with E-state index in [1.54, 1.807) is 36.4 Å². The second kappa shape index (κ2) is 9.94. The molecule has 0 bridgehead atoms. The molecule has 1 atom stereocenters. The monoisotopic (exact) mass is 635 g/mol. The van der Waals surface area contributed by atoms with E-state index in [0.717, 1.165) is 16.2 Å². The van der Waals surface area contributed by atoms with Gasteiger partial charge in [0.1, 0.15) is 0 Å². The molecule has 1 fully saturated rings. The quantitative estimate of drug-likeness (QED) is 0.125. The van der Waals surface area contributed by atoms with Gasteiger partial charge in [-0.25, -0.2) is 0 Å². The number of aromatic amines is 1. The maximum absolute atomic E-state index is 13.2. The number of nitrogens with one attached hydrogen (secondary N) is 4. The van der Waals surface area contributed by atoms with E-state index in [0.29, 0.717) is 22.4 Å². The second-order valence-corrected chi connectivity index (χ2v) is 10.6. The molecule has 3 heterocycles. The van der Waals surface area contributed by atoms with Crippen LogP contribution in [-0.2, 0) is 9.59 Å². The number of hydrogen-bond donors (Lipinski definition) is 4. The fraction of sp³-hybridized carbons (Fsp3) is 0.111. The molecule has 1 aromatic heterocycles. The van der Waals surface area contributed by atoms with Gasteiger partial charge in [-0.1, -0.05) is 0 Å². The molecule has 0 aliphatic carbocycles. The summed E-state index contributed by atoms with van der Waals surface area (Å²) in [6.07, 6.45) is 0.169. The first-order chi connectivity index (χ1) is 18.9. The van der Waals surface area contributed by atoms with E-state index in [9.17, 15) is 24.0 Å². The number of carbonyl (C=O) groups is 4. The van der Waals surface area contributed by atoms with Crippen LogP contribution >= 0.6 is 0 Å². The van der Waals surface area contributed by atoms with Crippen molar-refractivity contribution in [2.45, 2.75) is 18.9 Å². The van der Waals surface area contributed by atoms with Gasteiger partial charge in [0.25, 0.3) is 0 Å². The molecular formula is C27H20IN6O5-. The first-order valence-electron chi connectivity index (χ1n) is 12.0. The maximum atomic E-state index is 13.2. The van der Waals surface area contributed by atoms with E-state index in [4.69, 9.17) is 0 Å². The fourth-order valence-electron chi connectivity index (χ4n) is 4.64. The van der Waals surface area contributed by atoms with Crippen molar-refractivity contribution in [2.75, 3.05) is 7.06 Å². The number of fused-ring (bicyclic) bond motifs is 2. The first-order valence-corrected chi connectivity index (χ1v) is 14.2. The summed E-state index contributed by atoms with van der Waals surface area (Å²) in [6.45, 7) is 0. The number of amides is 4. The zero-order valence-corrected chi connectivity index (χ0v) is 22.3. The van der Waals surface area contributed by atoms with Crippen molar-refractivity contribution in [1.82, 2.24) is 20.2 Å². The summed E-state index contributed by atoms with van der Waals surface area (Å²) >= 11 is -0.893. The Bertz CT molecular complexity index is 1740.